The van der Waals surface area contributed by atoms with E-state index in [4.69, 9.17) is 8.83 Å². The molecule has 25 heavy (non-hydrogen) atoms. The first-order valence-corrected chi connectivity index (χ1v) is 7.46. The van der Waals surface area contributed by atoms with Crippen molar-refractivity contribution in [1.29, 1.82) is 0 Å². The van der Waals surface area contributed by atoms with Gasteiger partial charge in [0.1, 0.15) is 23.0 Å². The number of aryl methyl sites for hydroxylation is 2. The third kappa shape index (κ3) is 3.03. The topological polar surface area (TPSA) is 114 Å². The van der Waals surface area contributed by atoms with Gasteiger partial charge in [-0.15, -0.1) is 0 Å². The second-order valence-corrected chi connectivity index (χ2v) is 5.57. The molecule has 3 heterocycles. The van der Waals surface area contributed by atoms with Gasteiger partial charge in [0.05, 0.1) is 22.7 Å². The number of aromatic nitrogens is 1. The minimum Gasteiger partial charge on any atom is -0.507 e. The van der Waals surface area contributed by atoms with Crippen LogP contribution in [0.25, 0.3) is 0 Å². The number of hydrogen-bond donors (Lipinski definition) is 2. The minimum atomic E-state index is -1.14. The highest BCUT2D eigenvalue weighted by atomic mass is 16.4. The zero-order valence-electron chi connectivity index (χ0n) is 13.5. The molecular weight excluding hydrogens is 326 g/mol. The molecule has 7 heteroatoms. The van der Waals surface area contributed by atoms with E-state index in [1.165, 1.54) is 32.2 Å². The van der Waals surface area contributed by atoms with Gasteiger partial charge in [0.25, 0.3) is 0 Å². The van der Waals surface area contributed by atoms with E-state index in [1.54, 1.807) is 18.2 Å². The van der Waals surface area contributed by atoms with Crippen LogP contribution in [0.1, 0.15) is 34.3 Å². The van der Waals surface area contributed by atoms with Crippen molar-refractivity contribution >= 4 is 0 Å². The summed E-state index contributed by atoms with van der Waals surface area (Å²) >= 11 is 0. The molecule has 0 atom stereocenters. The Hall–Kier alpha value is -3.35. The Balaban J connectivity index is 2.38. The quantitative estimate of drug-likeness (QED) is 0.750. The molecule has 0 unspecified atom stereocenters. The number of nitrogens with zero attached hydrogens (tertiary/aromatic N) is 1. The highest BCUT2D eigenvalue weighted by Crippen LogP contribution is 2.36. The molecule has 0 spiro atoms. The van der Waals surface area contributed by atoms with Crippen molar-refractivity contribution in [3.63, 3.8) is 0 Å². The zero-order chi connectivity index (χ0) is 18.1. The SMILES string of the molecule is Cc1cc(O)c(C(c2ccccn2)c2c(O)cc(C)oc2=O)c(=O)o1. The molecule has 0 saturated heterocycles. The van der Waals surface area contributed by atoms with E-state index >= 15 is 0 Å². The molecule has 7 nitrogen and oxygen atoms in total. The first kappa shape index (κ1) is 16.5. The van der Waals surface area contributed by atoms with Crippen LogP contribution in [0.15, 0.2) is 55.0 Å². The van der Waals surface area contributed by atoms with Gasteiger partial charge >= 0.3 is 11.3 Å². The molecule has 0 amide bonds. The molecule has 0 fully saturated rings. The standard InChI is InChI=1S/C18H15NO6/c1-9-7-12(20)15(17(22)24-9)14(11-5-3-4-6-19-11)16-13(21)8-10(2)25-18(16)23/h3-8,14,20-21H,1-2H3. The van der Waals surface area contributed by atoms with Crippen LogP contribution in [0.2, 0.25) is 0 Å². The minimum absolute atomic E-state index is 0.198. The molecule has 0 aliphatic rings. The fraction of sp³-hybridized carbons (Fsp3) is 0.167. The van der Waals surface area contributed by atoms with Gasteiger partial charge in [0.2, 0.25) is 0 Å². The Morgan fingerprint density at radius 3 is 1.84 bits per heavy atom. The summed E-state index contributed by atoms with van der Waals surface area (Å²) in [5.74, 6) is -1.43. The molecule has 3 rings (SSSR count). The van der Waals surface area contributed by atoms with E-state index in [0.29, 0.717) is 0 Å². The summed E-state index contributed by atoms with van der Waals surface area (Å²) in [5, 5.41) is 20.6. The van der Waals surface area contributed by atoms with Crippen LogP contribution in [-0.2, 0) is 0 Å². The smallest absolute Gasteiger partial charge is 0.343 e. The third-order valence-electron chi connectivity index (χ3n) is 3.74. The van der Waals surface area contributed by atoms with Gasteiger partial charge in [-0.1, -0.05) is 6.07 Å². The second-order valence-electron chi connectivity index (χ2n) is 5.57. The number of aromatic hydroxyl groups is 2. The number of pyridine rings is 1. The maximum Gasteiger partial charge on any atom is 0.343 e. The van der Waals surface area contributed by atoms with Crippen LogP contribution in [0.5, 0.6) is 11.5 Å². The molecule has 0 aliphatic carbocycles. The van der Waals surface area contributed by atoms with Crippen molar-refractivity contribution in [2.45, 2.75) is 19.8 Å². The Bertz CT molecular complexity index is 970. The van der Waals surface area contributed by atoms with Gasteiger partial charge in [-0.2, -0.15) is 0 Å². The van der Waals surface area contributed by atoms with Crippen LogP contribution in [0, 0.1) is 13.8 Å². The zero-order valence-corrected chi connectivity index (χ0v) is 13.5. The molecule has 3 aromatic rings. The van der Waals surface area contributed by atoms with Crippen LogP contribution >= 0.6 is 0 Å². The molecule has 0 bridgehead atoms. The maximum absolute atomic E-state index is 12.4. The Kier molecular flexibility index (Phi) is 4.14. The molecule has 3 aromatic heterocycles. The maximum atomic E-state index is 12.4. The first-order chi connectivity index (χ1) is 11.9. The van der Waals surface area contributed by atoms with Gasteiger partial charge in [-0.05, 0) is 26.0 Å². The molecule has 128 valence electrons. The number of hydrogen-bond acceptors (Lipinski definition) is 7. The van der Waals surface area contributed by atoms with E-state index in [0.717, 1.165) is 0 Å². The van der Waals surface area contributed by atoms with Gasteiger partial charge in [-0.3, -0.25) is 4.98 Å². The van der Waals surface area contributed by atoms with Crippen LogP contribution < -0.4 is 11.3 Å². The summed E-state index contributed by atoms with van der Waals surface area (Å²) in [6, 6.07) is 7.42. The third-order valence-corrected chi connectivity index (χ3v) is 3.74. The van der Waals surface area contributed by atoms with Crippen molar-refractivity contribution in [2.24, 2.45) is 0 Å². The summed E-state index contributed by atoms with van der Waals surface area (Å²) in [6.45, 7) is 3.02. The predicted molar refractivity (Wildman–Crippen MR) is 87.9 cm³/mol. The monoisotopic (exact) mass is 341 g/mol. The van der Waals surface area contributed by atoms with Crippen molar-refractivity contribution in [2.75, 3.05) is 0 Å². The summed E-state index contributed by atoms with van der Waals surface area (Å²) in [6.07, 6.45) is 1.47. The van der Waals surface area contributed by atoms with Gasteiger partial charge in [0.15, 0.2) is 0 Å². The summed E-state index contributed by atoms with van der Waals surface area (Å²) in [4.78, 5) is 28.9. The fourth-order valence-electron chi connectivity index (χ4n) is 2.73. The van der Waals surface area contributed by atoms with Gasteiger partial charge in [0, 0.05) is 18.3 Å². The van der Waals surface area contributed by atoms with Crippen LogP contribution in [-0.4, -0.2) is 15.2 Å². The molecule has 0 radical (unpaired) electrons. The van der Waals surface area contributed by atoms with Crippen molar-refractivity contribution in [3.8, 4) is 11.5 Å². The lowest BCUT2D eigenvalue weighted by atomic mass is 9.88. The first-order valence-electron chi connectivity index (χ1n) is 7.46. The van der Waals surface area contributed by atoms with E-state index in [2.05, 4.69) is 4.98 Å². The average Bonchev–Trinajstić information content (AvgIpc) is 2.52. The van der Waals surface area contributed by atoms with Crippen LogP contribution in [0.4, 0.5) is 0 Å². The van der Waals surface area contributed by atoms with Crippen molar-refractivity contribution in [1.82, 2.24) is 4.98 Å². The summed E-state index contributed by atoms with van der Waals surface area (Å²) in [5.41, 5.74) is -1.77. The lowest BCUT2D eigenvalue weighted by molar-refractivity contribution is 0.406. The highest BCUT2D eigenvalue weighted by Gasteiger charge is 2.31. The summed E-state index contributed by atoms with van der Waals surface area (Å²) in [7, 11) is 0. The normalized spacial score (nSPS) is 11.0. The Morgan fingerprint density at radius 2 is 1.44 bits per heavy atom. The molecular formula is C18H15NO6. The second kappa shape index (κ2) is 6.27. The molecule has 0 aromatic carbocycles. The van der Waals surface area contributed by atoms with E-state index in [9.17, 15) is 19.8 Å². The predicted octanol–water partition coefficient (Wildman–Crippen LogP) is 2.20. The Labute approximate surface area is 141 Å². The highest BCUT2D eigenvalue weighted by molar-refractivity contribution is 5.49. The molecule has 0 saturated carbocycles. The van der Waals surface area contributed by atoms with Gasteiger partial charge < -0.3 is 19.0 Å². The molecule has 2 N–H and O–H groups in total. The Morgan fingerprint density at radius 1 is 0.920 bits per heavy atom. The lowest BCUT2D eigenvalue weighted by Crippen LogP contribution is -2.22. The van der Waals surface area contributed by atoms with E-state index in [-0.39, 0.29) is 39.8 Å². The molecule has 0 aliphatic heterocycles. The van der Waals surface area contributed by atoms with Crippen LogP contribution in [0.3, 0.4) is 0 Å². The van der Waals surface area contributed by atoms with Gasteiger partial charge in [-0.25, -0.2) is 9.59 Å². The van der Waals surface area contributed by atoms with E-state index < -0.39 is 17.2 Å². The van der Waals surface area contributed by atoms with E-state index in [1.807, 2.05) is 0 Å². The largest absolute Gasteiger partial charge is 0.507 e. The van der Waals surface area contributed by atoms with Crippen molar-refractivity contribution in [3.05, 3.63) is 85.7 Å². The lowest BCUT2D eigenvalue weighted by Gasteiger charge is -2.17. The average molecular weight is 341 g/mol. The summed E-state index contributed by atoms with van der Waals surface area (Å²) < 4.78 is 10.1. The number of rotatable bonds is 3. The fourth-order valence-corrected chi connectivity index (χ4v) is 2.73. The van der Waals surface area contributed by atoms with Crippen molar-refractivity contribution < 1.29 is 19.0 Å².